The second kappa shape index (κ2) is 6.11. The molecule has 0 saturated carbocycles. The molecule has 1 aromatic carbocycles. The van der Waals surface area contributed by atoms with Crippen LogP contribution in [0, 0.1) is 11.6 Å². The molecule has 2 rings (SSSR count). The molecule has 1 heterocycles. The molecule has 0 aromatic heterocycles. The molecule has 1 aliphatic rings. The molecule has 1 fully saturated rings. The number of ether oxygens (including phenoxy) is 1. The smallest absolute Gasteiger partial charge is 0.167 e. The minimum Gasteiger partial charge on any atom is -0.487 e. The molecule has 0 aliphatic carbocycles. The van der Waals surface area contributed by atoms with Crippen molar-refractivity contribution in [1.29, 1.82) is 0 Å². The average Bonchev–Trinajstić information content (AvgIpc) is 2.35. The molecule has 3 nitrogen and oxygen atoms in total. The van der Waals surface area contributed by atoms with Gasteiger partial charge in [-0.2, -0.15) is 0 Å². The lowest BCUT2D eigenvalue weighted by Gasteiger charge is -2.31. The lowest BCUT2D eigenvalue weighted by molar-refractivity contribution is 0.0987. The van der Waals surface area contributed by atoms with Crippen LogP contribution in [0.15, 0.2) is 18.2 Å². The number of rotatable bonds is 4. The number of nitrogens with zero attached hydrogens (tertiary/aromatic N) is 1. The quantitative estimate of drug-likeness (QED) is 0.892. The van der Waals surface area contributed by atoms with Crippen LogP contribution in [0.5, 0.6) is 5.75 Å². The number of hydrogen-bond acceptors (Lipinski definition) is 3. The average molecular weight is 256 g/mol. The van der Waals surface area contributed by atoms with Gasteiger partial charge in [0.25, 0.3) is 0 Å². The van der Waals surface area contributed by atoms with Crippen molar-refractivity contribution in [3.05, 3.63) is 29.8 Å². The van der Waals surface area contributed by atoms with Crippen LogP contribution in [0.1, 0.15) is 12.8 Å². The van der Waals surface area contributed by atoms with Crippen LogP contribution in [-0.2, 0) is 0 Å². The molecular weight excluding hydrogens is 238 g/mol. The normalized spacial score (nSPS) is 17.9. The Hall–Kier alpha value is -1.20. The highest BCUT2D eigenvalue weighted by molar-refractivity contribution is 5.24. The van der Waals surface area contributed by atoms with Crippen LogP contribution < -0.4 is 10.5 Å². The van der Waals surface area contributed by atoms with Crippen molar-refractivity contribution >= 4 is 0 Å². The zero-order chi connectivity index (χ0) is 13.0. The minimum absolute atomic E-state index is 0.000939. The van der Waals surface area contributed by atoms with Gasteiger partial charge in [0.15, 0.2) is 11.6 Å². The zero-order valence-corrected chi connectivity index (χ0v) is 10.2. The van der Waals surface area contributed by atoms with E-state index in [1.54, 1.807) is 0 Å². The molecule has 0 amide bonds. The predicted molar refractivity (Wildman–Crippen MR) is 65.5 cm³/mol. The number of halogens is 2. The second-order valence-corrected chi connectivity index (χ2v) is 4.52. The third-order valence-electron chi connectivity index (χ3n) is 3.17. The van der Waals surface area contributed by atoms with Gasteiger partial charge in [-0.25, -0.2) is 8.78 Å². The monoisotopic (exact) mass is 256 g/mol. The van der Waals surface area contributed by atoms with E-state index in [1.807, 2.05) is 0 Å². The lowest BCUT2D eigenvalue weighted by atomic mass is 10.1. The molecule has 1 aliphatic heterocycles. The van der Waals surface area contributed by atoms with Crippen molar-refractivity contribution in [3.8, 4) is 5.75 Å². The summed E-state index contributed by atoms with van der Waals surface area (Å²) in [6, 6.07) is 3.40. The molecule has 1 saturated heterocycles. The van der Waals surface area contributed by atoms with Crippen LogP contribution in [0.4, 0.5) is 8.78 Å². The Labute approximate surface area is 106 Å². The summed E-state index contributed by atoms with van der Waals surface area (Å²) < 4.78 is 31.7. The first-order valence-electron chi connectivity index (χ1n) is 6.23. The first kappa shape index (κ1) is 13.2. The topological polar surface area (TPSA) is 38.5 Å². The number of nitrogens with two attached hydrogens (primary N) is 1. The second-order valence-electron chi connectivity index (χ2n) is 4.52. The van der Waals surface area contributed by atoms with Crippen molar-refractivity contribution in [1.82, 2.24) is 4.90 Å². The van der Waals surface area contributed by atoms with Gasteiger partial charge in [-0.15, -0.1) is 0 Å². The molecule has 5 heteroatoms. The number of hydrogen-bond donors (Lipinski definition) is 1. The van der Waals surface area contributed by atoms with Gasteiger partial charge in [-0.3, -0.25) is 0 Å². The molecular formula is C13H18F2N2O. The number of likely N-dealkylation sites (tertiary alicyclic amines) is 1. The summed E-state index contributed by atoms with van der Waals surface area (Å²) in [5.41, 5.74) is 5.49. The highest BCUT2D eigenvalue weighted by atomic mass is 19.1. The number of piperidine rings is 1. The lowest BCUT2D eigenvalue weighted by Crippen LogP contribution is -2.40. The molecule has 18 heavy (non-hydrogen) atoms. The summed E-state index contributed by atoms with van der Waals surface area (Å²) in [5, 5.41) is 0. The maximum atomic E-state index is 13.4. The van der Waals surface area contributed by atoms with Crippen LogP contribution in [0.25, 0.3) is 0 Å². The Kier molecular flexibility index (Phi) is 4.49. The van der Waals surface area contributed by atoms with Crippen molar-refractivity contribution in [2.24, 2.45) is 5.73 Å². The molecule has 0 unspecified atom stereocenters. The van der Waals surface area contributed by atoms with E-state index in [-0.39, 0.29) is 11.9 Å². The molecule has 0 radical (unpaired) electrons. The summed E-state index contributed by atoms with van der Waals surface area (Å²) in [4.78, 5) is 2.26. The van der Waals surface area contributed by atoms with E-state index in [4.69, 9.17) is 10.5 Å². The van der Waals surface area contributed by atoms with Gasteiger partial charge in [0.1, 0.15) is 11.9 Å². The molecule has 0 bridgehead atoms. The SMILES string of the molecule is NCCN1CCC(Oc2ccc(F)cc2F)CC1. The van der Waals surface area contributed by atoms with Crippen molar-refractivity contribution in [2.45, 2.75) is 18.9 Å². The van der Waals surface area contributed by atoms with Crippen molar-refractivity contribution in [2.75, 3.05) is 26.2 Å². The number of benzene rings is 1. The summed E-state index contributed by atoms with van der Waals surface area (Å²) in [7, 11) is 0. The first-order valence-corrected chi connectivity index (χ1v) is 6.23. The summed E-state index contributed by atoms with van der Waals surface area (Å²) in [6.07, 6.45) is 1.69. The van der Waals surface area contributed by atoms with Gasteiger partial charge in [0, 0.05) is 32.2 Å². The highest BCUT2D eigenvalue weighted by Crippen LogP contribution is 2.22. The van der Waals surface area contributed by atoms with Gasteiger partial charge in [0.05, 0.1) is 0 Å². The first-order chi connectivity index (χ1) is 8.69. The van der Waals surface area contributed by atoms with E-state index in [9.17, 15) is 8.78 Å². The largest absolute Gasteiger partial charge is 0.487 e. The van der Waals surface area contributed by atoms with E-state index < -0.39 is 11.6 Å². The molecule has 1 aromatic rings. The van der Waals surface area contributed by atoms with Crippen molar-refractivity contribution in [3.63, 3.8) is 0 Å². The van der Waals surface area contributed by atoms with Crippen LogP contribution in [0.2, 0.25) is 0 Å². The Morgan fingerprint density at radius 1 is 1.28 bits per heavy atom. The van der Waals surface area contributed by atoms with Crippen LogP contribution in [0.3, 0.4) is 0 Å². The summed E-state index contributed by atoms with van der Waals surface area (Å²) in [5.74, 6) is -1.09. The van der Waals surface area contributed by atoms with Gasteiger partial charge < -0.3 is 15.4 Å². The predicted octanol–water partition coefficient (Wildman–Crippen LogP) is 1.77. The fourth-order valence-corrected chi connectivity index (χ4v) is 2.18. The van der Waals surface area contributed by atoms with Crippen LogP contribution in [-0.4, -0.2) is 37.2 Å². The third-order valence-corrected chi connectivity index (χ3v) is 3.17. The Morgan fingerprint density at radius 2 is 2.00 bits per heavy atom. The van der Waals surface area contributed by atoms with Gasteiger partial charge in [0.2, 0.25) is 0 Å². The van der Waals surface area contributed by atoms with Gasteiger partial charge in [-0.05, 0) is 25.0 Å². The van der Waals surface area contributed by atoms with E-state index in [0.717, 1.165) is 38.5 Å². The standard InChI is InChI=1S/C13H18F2N2O/c14-10-1-2-13(12(15)9-10)18-11-3-6-17(7-4-11)8-5-16/h1-2,9,11H,3-8,16H2. The third kappa shape index (κ3) is 3.40. The highest BCUT2D eigenvalue weighted by Gasteiger charge is 2.21. The minimum atomic E-state index is -0.639. The molecule has 0 atom stereocenters. The molecule has 0 spiro atoms. The van der Waals surface area contributed by atoms with E-state index in [1.165, 1.54) is 12.1 Å². The van der Waals surface area contributed by atoms with E-state index in [0.29, 0.717) is 6.54 Å². The fraction of sp³-hybridized carbons (Fsp3) is 0.538. The Balaban J connectivity index is 1.87. The van der Waals surface area contributed by atoms with Gasteiger partial charge >= 0.3 is 0 Å². The molecule has 2 N–H and O–H groups in total. The Bertz CT molecular complexity index is 393. The van der Waals surface area contributed by atoms with Gasteiger partial charge in [-0.1, -0.05) is 0 Å². The van der Waals surface area contributed by atoms with E-state index in [2.05, 4.69) is 4.90 Å². The van der Waals surface area contributed by atoms with E-state index >= 15 is 0 Å². The maximum absolute atomic E-state index is 13.4. The zero-order valence-electron chi connectivity index (χ0n) is 10.2. The maximum Gasteiger partial charge on any atom is 0.167 e. The molecule has 100 valence electrons. The van der Waals surface area contributed by atoms with Crippen LogP contribution >= 0.6 is 0 Å². The summed E-state index contributed by atoms with van der Waals surface area (Å²) >= 11 is 0. The summed E-state index contributed by atoms with van der Waals surface area (Å²) in [6.45, 7) is 3.35. The Morgan fingerprint density at radius 3 is 2.61 bits per heavy atom. The van der Waals surface area contributed by atoms with Crippen molar-refractivity contribution < 1.29 is 13.5 Å². The fourth-order valence-electron chi connectivity index (χ4n) is 2.18.